The Morgan fingerprint density at radius 3 is 2.40 bits per heavy atom. The first kappa shape index (κ1) is 17.2. The van der Waals surface area contributed by atoms with E-state index in [1.807, 2.05) is 13.8 Å². The molecule has 1 saturated carbocycles. The summed E-state index contributed by atoms with van der Waals surface area (Å²) in [4.78, 5) is 11.6. The van der Waals surface area contributed by atoms with E-state index in [0.717, 1.165) is 19.3 Å². The average molecular weight is 282 g/mol. The Morgan fingerprint density at radius 2 is 1.90 bits per heavy atom. The molecule has 1 atom stereocenters. The molecule has 0 radical (unpaired) electrons. The van der Waals surface area contributed by atoms with Crippen LogP contribution in [-0.4, -0.2) is 24.3 Å². The van der Waals surface area contributed by atoms with Crippen LogP contribution in [0.15, 0.2) is 11.6 Å². The lowest BCUT2D eigenvalue weighted by Gasteiger charge is -2.29. The van der Waals surface area contributed by atoms with E-state index < -0.39 is 5.60 Å². The van der Waals surface area contributed by atoms with Gasteiger partial charge in [-0.15, -0.1) is 0 Å². The highest BCUT2D eigenvalue weighted by Gasteiger charge is 2.33. The zero-order chi connectivity index (χ0) is 15.3. The minimum Gasteiger partial charge on any atom is -0.462 e. The highest BCUT2D eigenvalue weighted by atomic mass is 16.6. The summed E-state index contributed by atoms with van der Waals surface area (Å²) in [5.41, 5.74) is 0.789. The molecule has 1 aliphatic rings. The highest BCUT2D eigenvalue weighted by Crippen LogP contribution is 2.30. The number of carbonyl (C=O) groups is 1. The van der Waals surface area contributed by atoms with Gasteiger partial charge in [-0.3, -0.25) is 4.79 Å². The van der Waals surface area contributed by atoms with Gasteiger partial charge in [-0.2, -0.15) is 0 Å². The zero-order valence-electron chi connectivity index (χ0n) is 13.9. The molecule has 0 aliphatic heterocycles. The average Bonchev–Trinajstić information content (AvgIpc) is 3.16. The van der Waals surface area contributed by atoms with Crippen molar-refractivity contribution in [2.75, 3.05) is 6.61 Å². The Hall–Kier alpha value is -0.830. The Morgan fingerprint density at radius 1 is 1.30 bits per heavy atom. The third kappa shape index (κ3) is 6.56. The maximum atomic E-state index is 11.6. The molecule has 116 valence electrons. The summed E-state index contributed by atoms with van der Waals surface area (Å²) < 4.78 is 11.4. The van der Waals surface area contributed by atoms with Crippen molar-refractivity contribution in [1.29, 1.82) is 0 Å². The van der Waals surface area contributed by atoms with Crippen LogP contribution in [0.3, 0.4) is 0 Å². The number of hydrogen-bond acceptors (Lipinski definition) is 3. The van der Waals surface area contributed by atoms with Crippen molar-refractivity contribution >= 4 is 5.97 Å². The Balaban J connectivity index is 2.38. The summed E-state index contributed by atoms with van der Waals surface area (Å²) in [6.45, 7) is 12.8. The van der Waals surface area contributed by atoms with Gasteiger partial charge >= 0.3 is 5.97 Å². The molecule has 20 heavy (non-hydrogen) atoms. The van der Waals surface area contributed by atoms with Gasteiger partial charge in [0.2, 0.25) is 0 Å². The maximum absolute atomic E-state index is 11.6. The van der Waals surface area contributed by atoms with Gasteiger partial charge in [-0.05, 0) is 58.4 Å². The van der Waals surface area contributed by atoms with E-state index in [-0.39, 0.29) is 18.0 Å². The normalized spacial score (nSPS) is 18.2. The molecule has 0 saturated heterocycles. The van der Waals surface area contributed by atoms with E-state index in [4.69, 9.17) is 9.47 Å². The smallest absolute Gasteiger partial charge is 0.309 e. The summed E-state index contributed by atoms with van der Waals surface area (Å²) in [5, 5.41) is 0. The van der Waals surface area contributed by atoms with Crippen LogP contribution in [0.25, 0.3) is 0 Å². The van der Waals surface area contributed by atoms with E-state index in [1.54, 1.807) is 0 Å². The largest absolute Gasteiger partial charge is 0.462 e. The maximum Gasteiger partial charge on any atom is 0.309 e. The van der Waals surface area contributed by atoms with Crippen molar-refractivity contribution < 1.29 is 14.3 Å². The third-order valence-corrected chi connectivity index (χ3v) is 3.52. The Labute approximate surface area is 123 Å². The molecule has 0 heterocycles. The molecule has 1 fully saturated rings. The van der Waals surface area contributed by atoms with E-state index in [2.05, 4.69) is 33.8 Å². The van der Waals surface area contributed by atoms with Gasteiger partial charge in [0.1, 0.15) is 6.61 Å². The first-order valence-electron chi connectivity index (χ1n) is 7.72. The van der Waals surface area contributed by atoms with E-state index >= 15 is 0 Å². The second-order valence-corrected chi connectivity index (χ2v) is 6.98. The molecule has 1 rings (SSSR count). The minimum absolute atomic E-state index is 0.0448. The second-order valence-electron chi connectivity index (χ2n) is 6.98. The lowest BCUT2D eigenvalue weighted by molar-refractivity contribution is -0.157. The molecule has 0 aromatic carbocycles. The fourth-order valence-electron chi connectivity index (χ4n) is 1.87. The molecule has 0 spiro atoms. The van der Waals surface area contributed by atoms with Crippen molar-refractivity contribution in [3.63, 3.8) is 0 Å². The second kappa shape index (κ2) is 7.26. The number of ether oxygens (including phenoxy) is 2. The van der Waals surface area contributed by atoms with Crippen molar-refractivity contribution in [2.24, 2.45) is 11.8 Å². The lowest BCUT2D eigenvalue weighted by Crippen LogP contribution is -2.36. The number of carbonyl (C=O) groups excluding carboxylic acids is 1. The molecule has 0 bridgehead atoms. The minimum atomic E-state index is -0.448. The molecular formula is C17H30O3. The van der Waals surface area contributed by atoms with Gasteiger partial charge in [0.15, 0.2) is 0 Å². The van der Waals surface area contributed by atoms with Crippen LogP contribution in [0.5, 0.6) is 0 Å². The Bertz CT molecular complexity index is 351. The quantitative estimate of drug-likeness (QED) is 0.496. The summed E-state index contributed by atoms with van der Waals surface area (Å²) >= 11 is 0. The van der Waals surface area contributed by atoms with E-state index in [1.165, 1.54) is 5.57 Å². The molecular weight excluding hydrogens is 252 g/mol. The fraction of sp³-hybridized carbons (Fsp3) is 0.824. The van der Waals surface area contributed by atoms with Gasteiger partial charge in [0.05, 0.1) is 17.6 Å². The molecule has 3 nitrogen and oxygen atoms in total. The first-order chi connectivity index (χ1) is 9.21. The van der Waals surface area contributed by atoms with Gasteiger partial charge in [-0.1, -0.05) is 19.9 Å². The predicted molar refractivity (Wildman–Crippen MR) is 81.5 cm³/mol. The number of allylic oxidation sites excluding steroid dienone is 1. The predicted octanol–water partition coefficient (Wildman–Crippen LogP) is 4.12. The van der Waals surface area contributed by atoms with Crippen molar-refractivity contribution in [1.82, 2.24) is 0 Å². The molecule has 0 N–H and O–H groups in total. The standard InChI is InChI=1S/C17H30O3/c1-12(2)7-8-13(3)14(4)20-17(5,6)11-19-16(18)15-9-10-15/h8,12,14-15H,7,9-11H2,1-6H3/b13-8+/t14-/m1/s1. The van der Waals surface area contributed by atoms with Crippen LogP contribution < -0.4 is 0 Å². The van der Waals surface area contributed by atoms with E-state index in [9.17, 15) is 4.79 Å². The van der Waals surface area contributed by atoms with Crippen LogP contribution in [0.1, 0.15) is 60.8 Å². The van der Waals surface area contributed by atoms with Gasteiger partial charge < -0.3 is 9.47 Å². The van der Waals surface area contributed by atoms with Crippen molar-refractivity contribution in [3.8, 4) is 0 Å². The molecule has 0 amide bonds. The zero-order valence-corrected chi connectivity index (χ0v) is 13.9. The first-order valence-corrected chi connectivity index (χ1v) is 7.72. The number of hydrogen-bond donors (Lipinski definition) is 0. The number of rotatable bonds is 8. The topological polar surface area (TPSA) is 35.5 Å². The summed E-state index contributed by atoms with van der Waals surface area (Å²) in [6, 6.07) is 0. The van der Waals surface area contributed by atoms with Crippen LogP contribution in [0.4, 0.5) is 0 Å². The molecule has 0 aromatic rings. The summed E-state index contributed by atoms with van der Waals surface area (Å²) in [5.74, 6) is 0.738. The summed E-state index contributed by atoms with van der Waals surface area (Å²) in [6.07, 6.45) is 5.31. The molecule has 3 heteroatoms. The van der Waals surface area contributed by atoms with Crippen molar-refractivity contribution in [2.45, 2.75) is 72.5 Å². The van der Waals surface area contributed by atoms with Crippen LogP contribution >= 0.6 is 0 Å². The Kier molecular flexibility index (Phi) is 6.25. The molecule has 0 aromatic heterocycles. The fourth-order valence-corrected chi connectivity index (χ4v) is 1.87. The van der Waals surface area contributed by atoms with Gasteiger partial charge in [-0.25, -0.2) is 0 Å². The molecule has 0 unspecified atom stereocenters. The monoisotopic (exact) mass is 282 g/mol. The summed E-state index contributed by atoms with van der Waals surface area (Å²) in [7, 11) is 0. The van der Waals surface area contributed by atoms with Gasteiger partial charge in [0.25, 0.3) is 0 Å². The number of esters is 1. The van der Waals surface area contributed by atoms with Crippen LogP contribution in [0.2, 0.25) is 0 Å². The van der Waals surface area contributed by atoms with Crippen LogP contribution in [0, 0.1) is 11.8 Å². The van der Waals surface area contributed by atoms with Gasteiger partial charge in [0, 0.05) is 0 Å². The SMILES string of the molecule is C/C(=C\CC(C)C)[C@@H](C)OC(C)(C)COC(=O)C1CC1. The highest BCUT2D eigenvalue weighted by molar-refractivity contribution is 5.74. The van der Waals surface area contributed by atoms with Crippen LogP contribution in [-0.2, 0) is 14.3 Å². The van der Waals surface area contributed by atoms with Crippen molar-refractivity contribution in [3.05, 3.63) is 11.6 Å². The lowest BCUT2D eigenvalue weighted by atomic mass is 10.0. The third-order valence-electron chi connectivity index (χ3n) is 3.52. The molecule has 1 aliphatic carbocycles. The van der Waals surface area contributed by atoms with E-state index in [0.29, 0.717) is 12.5 Å².